The second-order valence-corrected chi connectivity index (χ2v) is 7.95. The second kappa shape index (κ2) is 8.57. The third kappa shape index (κ3) is 4.89. The monoisotopic (exact) mass is 366 g/mol. The fourth-order valence-electron chi connectivity index (χ4n) is 4.01. The van der Waals surface area contributed by atoms with Crippen molar-refractivity contribution in [3.05, 3.63) is 65.2 Å². The lowest BCUT2D eigenvalue weighted by Gasteiger charge is -2.25. The molecule has 2 aromatic carbocycles. The minimum absolute atomic E-state index is 0.126. The van der Waals surface area contributed by atoms with E-state index in [0.717, 1.165) is 19.3 Å². The van der Waals surface area contributed by atoms with Crippen molar-refractivity contribution >= 4 is 5.91 Å². The summed E-state index contributed by atoms with van der Waals surface area (Å²) >= 11 is 0. The maximum absolute atomic E-state index is 12.6. The molecule has 0 heterocycles. The highest BCUT2D eigenvalue weighted by Crippen LogP contribution is 2.35. The molecule has 0 fully saturated rings. The number of fused-ring (bicyclic) bond motifs is 1. The van der Waals surface area contributed by atoms with Gasteiger partial charge in [0, 0.05) is 12.5 Å². The standard InChI is InChI=1S/C23H30N2O2/c1-16-14-18-6-4-5-7-21(18)23(16)24-22(27)13-10-19(25(2)3)15-17-8-11-20(26)12-9-17/h4-9,11-12,16,19,23,26H,10,13-15H2,1-3H3,(H,24,27)/t16?,19-,23?/m1/s1. The van der Waals surface area contributed by atoms with E-state index in [0.29, 0.717) is 12.3 Å². The number of aromatic hydroxyl groups is 1. The highest BCUT2D eigenvalue weighted by molar-refractivity contribution is 5.76. The van der Waals surface area contributed by atoms with Crippen molar-refractivity contribution in [3.8, 4) is 5.75 Å². The van der Waals surface area contributed by atoms with Crippen LogP contribution in [0.25, 0.3) is 0 Å². The van der Waals surface area contributed by atoms with Gasteiger partial charge in [-0.15, -0.1) is 0 Å². The van der Waals surface area contributed by atoms with Crippen LogP contribution < -0.4 is 5.32 Å². The Morgan fingerprint density at radius 2 is 1.89 bits per heavy atom. The molecule has 0 saturated carbocycles. The molecule has 144 valence electrons. The van der Waals surface area contributed by atoms with Gasteiger partial charge in [0.15, 0.2) is 0 Å². The van der Waals surface area contributed by atoms with E-state index < -0.39 is 0 Å². The van der Waals surface area contributed by atoms with Crippen LogP contribution in [-0.2, 0) is 17.6 Å². The lowest BCUT2D eigenvalue weighted by molar-refractivity contribution is -0.122. The van der Waals surface area contributed by atoms with Crippen molar-refractivity contribution in [1.82, 2.24) is 10.2 Å². The normalized spacial score (nSPS) is 19.7. The van der Waals surface area contributed by atoms with Gasteiger partial charge in [-0.2, -0.15) is 0 Å². The molecule has 0 radical (unpaired) electrons. The van der Waals surface area contributed by atoms with Gasteiger partial charge in [0.25, 0.3) is 0 Å². The summed E-state index contributed by atoms with van der Waals surface area (Å²) in [7, 11) is 4.11. The average Bonchev–Trinajstić information content (AvgIpc) is 2.95. The number of carbonyl (C=O) groups is 1. The second-order valence-electron chi connectivity index (χ2n) is 7.95. The van der Waals surface area contributed by atoms with E-state index in [1.807, 2.05) is 12.1 Å². The van der Waals surface area contributed by atoms with Crippen LogP contribution in [0, 0.1) is 5.92 Å². The quantitative estimate of drug-likeness (QED) is 0.786. The largest absolute Gasteiger partial charge is 0.508 e. The van der Waals surface area contributed by atoms with Gasteiger partial charge in [0.05, 0.1) is 6.04 Å². The molecule has 4 nitrogen and oxygen atoms in total. The van der Waals surface area contributed by atoms with Crippen LogP contribution in [-0.4, -0.2) is 36.1 Å². The molecule has 0 spiro atoms. The van der Waals surface area contributed by atoms with Crippen LogP contribution in [0.5, 0.6) is 5.75 Å². The molecule has 3 atom stereocenters. The van der Waals surface area contributed by atoms with Gasteiger partial charge >= 0.3 is 0 Å². The van der Waals surface area contributed by atoms with Gasteiger partial charge in [-0.25, -0.2) is 0 Å². The summed E-state index contributed by atoms with van der Waals surface area (Å²) in [6.07, 6.45) is 3.22. The Hall–Kier alpha value is -2.33. The van der Waals surface area contributed by atoms with Gasteiger partial charge in [-0.05, 0) is 68.1 Å². The van der Waals surface area contributed by atoms with Crippen LogP contribution in [0.2, 0.25) is 0 Å². The molecule has 1 aliphatic carbocycles. The zero-order chi connectivity index (χ0) is 19.4. The van der Waals surface area contributed by atoms with Crippen LogP contribution >= 0.6 is 0 Å². The predicted octanol–water partition coefficient (Wildman–Crippen LogP) is 3.69. The van der Waals surface area contributed by atoms with E-state index in [4.69, 9.17) is 0 Å². The summed E-state index contributed by atoms with van der Waals surface area (Å²) in [5, 5.41) is 12.7. The number of likely N-dealkylation sites (N-methyl/N-ethyl adjacent to an activating group) is 1. The minimum Gasteiger partial charge on any atom is -0.508 e. The van der Waals surface area contributed by atoms with Crippen molar-refractivity contribution in [2.75, 3.05) is 14.1 Å². The maximum Gasteiger partial charge on any atom is 0.220 e. The Morgan fingerprint density at radius 1 is 1.19 bits per heavy atom. The SMILES string of the molecule is CC1Cc2ccccc2C1NC(=O)CC[C@H](Cc1ccc(O)cc1)N(C)C. The molecule has 2 unspecified atom stereocenters. The number of nitrogens with zero attached hydrogens (tertiary/aromatic N) is 1. The lowest BCUT2D eigenvalue weighted by Crippen LogP contribution is -2.34. The maximum atomic E-state index is 12.6. The Labute approximate surface area is 162 Å². The molecule has 0 aromatic heterocycles. The van der Waals surface area contributed by atoms with Crippen molar-refractivity contribution < 1.29 is 9.90 Å². The van der Waals surface area contributed by atoms with Crippen LogP contribution in [0.15, 0.2) is 48.5 Å². The molecular formula is C23H30N2O2. The highest BCUT2D eigenvalue weighted by atomic mass is 16.3. The van der Waals surface area contributed by atoms with Crippen molar-refractivity contribution in [2.45, 2.75) is 44.7 Å². The first-order valence-corrected chi connectivity index (χ1v) is 9.75. The van der Waals surface area contributed by atoms with E-state index in [9.17, 15) is 9.90 Å². The fourth-order valence-corrected chi connectivity index (χ4v) is 4.01. The fraction of sp³-hybridized carbons (Fsp3) is 0.435. The first-order chi connectivity index (χ1) is 12.9. The first kappa shape index (κ1) is 19.4. The zero-order valence-corrected chi connectivity index (χ0v) is 16.5. The van der Waals surface area contributed by atoms with Gasteiger partial charge in [0.2, 0.25) is 5.91 Å². The number of phenols is 1. The van der Waals surface area contributed by atoms with Crippen molar-refractivity contribution in [2.24, 2.45) is 5.92 Å². The Kier molecular flexibility index (Phi) is 6.17. The Bertz CT molecular complexity index is 770. The molecule has 0 bridgehead atoms. The number of rotatable bonds is 7. The van der Waals surface area contributed by atoms with E-state index in [1.165, 1.54) is 16.7 Å². The number of benzene rings is 2. The molecular weight excluding hydrogens is 336 g/mol. The Balaban J connectivity index is 1.56. The number of amides is 1. The number of hydrogen-bond acceptors (Lipinski definition) is 3. The van der Waals surface area contributed by atoms with E-state index in [2.05, 4.69) is 55.5 Å². The third-order valence-corrected chi connectivity index (χ3v) is 5.66. The van der Waals surface area contributed by atoms with Gasteiger partial charge in [-0.1, -0.05) is 43.3 Å². The Morgan fingerprint density at radius 3 is 2.59 bits per heavy atom. The molecule has 0 aliphatic heterocycles. The van der Waals surface area contributed by atoms with Crippen molar-refractivity contribution in [3.63, 3.8) is 0 Å². The van der Waals surface area contributed by atoms with Crippen LogP contribution in [0.3, 0.4) is 0 Å². The summed E-state index contributed by atoms with van der Waals surface area (Å²) in [6.45, 7) is 2.21. The lowest BCUT2D eigenvalue weighted by atomic mass is 9.99. The topological polar surface area (TPSA) is 52.6 Å². The predicted molar refractivity (Wildman–Crippen MR) is 109 cm³/mol. The third-order valence-electron chi connectivity index (χ3n) is 5.66. The van der Waals surface area contributed by atoms with Gasteiger partial charge < -0.3 is 15.3 Å². The van der Waals surface area contributed by atoms with Gasteiger partial charge in [-0.3, -0.25) is 4.79 Å². The number of hydrogen-bond donors (Lipinski definition) is 2. The molecule has 2 aromatic rings. The van der Waals surface area contributed by atoms with Crippen LogP contribution in [0.1, 0.15) is 42.5 Å². The zero-order valence-electron chi connectivity index (χ0n) is 16.5. The molecule has 2 N–H and O–H groups in total. The summed E-state index contributed by atoms with van der Waals surface area (Å²) in [5.41, 5.74) is 3.80. The molecule has 1 aliphatic rings. The number of carbonyl (C=O) groups excluding carboxylic acids is 1. The van der Waals surface area contributed by atoms with E-state index in [1.54, 1.807) is 12.1 Å². The summed E-state index contributed by atoms with van der Waals surface area (Å²) in [4.78, 5) is 14.8. The molecule has 0 saturated heterocycles. The molecule has 3 rings (SSSR count). The summed E-state index contributed by atoms with van der Waals surface area (Å²) in [6, 6.07) is 16.2. The number of phenolic OH excluding ortho intramolecular Hbond substituents is 1. The smallest absolute Gasteiger partial charge is 0.220 e. The number of nitrogens with one attached hydrogen (secondary N) is 1. The van der Waals surface area contributed by atoms with Crippen LogP contribution in [0.4, 0.5) is 0 Å². The van der Waals surface area contributed by atoms with E-state index in [-0.39, 0.29) is 23.7 Å². The van der Waals surface area contributed by atoms with Crippen molar-refractivity contribution in [1.29, 1.82) is 0 Å². The molecule has 27 heavy (non-hydrogen) atoms. The van der Waals surface area contributed by atoms with Gasteiger partial charge in [0.1, 0.15) is 5.75 Å². The average molecular weight is 367 g/mol. The molecule has 4 heteroatoms. The summed E-state index contributed by atoms with van der Waals surface area (Å²) in [5.74, 6) is 0.847. The first-order valence-electron chi connectivity index (χ1n) is 9.75. The summed E-state index contributed by atoms with van der Waals surface area (Å²) < 4.78 is 0. The highest BCUT2D eigenvalue weighted by Gasteiger charge is 2.30. The molecule has 1 amide bonds. The van der Waals surface area contributed by atoms with E-state index >= 15 is 0 Å². The minimum atomic E-state index is 0.126.